The zero-order valence-corrected chi connectivity index (χ0v) is 8.36. The number of aromatic nitrogens is 2. The molecule has 0 bridgehead atoms. The molecule has 1 N–H and O–H groups in total. The number of hydrogen-bond donors (Lipinski definition) is 1. The molecule has 2 rings (SSSR count). The molecule has 0 atom stereocenters. The summed E-state index contributed by atoms with van der Waals surface area (Å²) < 4.78 is 1.99. The number of nitrogens with zero attached hydrogens (tertiary/aromatic N) is 2. The van der Waals surface area contributed by atoms with Crippen LogP contribution in [0, 0.1) is 6.92 Å². The Morgan fingerprint density at radius 2 is 2.29 bits per heavy atom. The van der Waals surface area contributed by atoms with Crippen LogP contribution in [0.4, 0.5) is 0 Å². The lowest BCUT2D eigenvalue weighted by Crippen LogP contribution is -2.30. The van der Waals surface area contributed by atoms with Gasteiger partial charge >= 0.3 is 0 Å². The van der Waals surface area contributed by atoms with Crippen LogP contribution in [-0.2, 0) is 0 Å². The summed E-state index contributed by atoms with van der Waals surface area (Å²) in [5.41, 5.74) is 1.70. The first-order valence-corrected chi connectivity index (χ1v) is 5.03. The molecule has 1 aromatic heterocycles. The van der Waals surface area contributed by atoms with Gasteiger partial charge in [0.15, 0.2) is 6.29 Å². The van der Waals surface area contributed by atoms with Crippen molar-refractivity contribution in [3.63, 3.8) is 0 Å². The zero-order valence-electron chi connectivity index (χ0n) is 8.36. The van der Waals surface area contributed by atoms with Gasteiger partial charge in [-0.1, -0.05) is 0 Å². The molecule has 4 heteroatoms. The van der Waals surface area contributed by atoms with E-state index >= 15 is 0 Å². The number of carbonyl (C=O) groups excluding carboxylic acids is 1. The Hall–Kier alpha value is -1.16. The van der Waals surface area contributed by atoms with Gasteiger partial charge in [-0.3, -0.25) is 9.48 Å². The highest BCUT2D eigenvalue weighted by Gasteiger charge is 2.18. The number of hydrogen-bond acceptors (Lipinski definition) is 3. The Balaban J connectivity index is 2.22. The quantitative estimate of drug-likeness (QED) is 0.711. The third-order valence-corrected chi connectivity index (χ3v) is 2.86. The number of rotatable bonds is 2. The van der Waals surface area contributed by atoms with Crippen molar-refractivity contribution in [2.24, 2.45) is 0 Å². The fraction of sp³-hybridized carbons (Fsp3) is 0.600. The minimum absolute atomic E-state index is 0.463. The Bertz CT molecular complexity index is 326. The maximum Gasteiger partial charge on any atom is 0.153 e. The minimum atomic E-state index is 0.463. The summed E-state index contributed by atoms with van der Waals surface area (Å²) in [5, 5.41) is 7.58. The molecule has 1 fully saturated rings. The van der Waals surface area contributed by atoms with Crippen molar-refractivity contribution in [3.05, 3.63) is 17.5 Å². The summed E-state index contributed by atoms with van der Waals surface area (Å²) >= 11 is 0. The average molecular weight is 193 g/mol. The third-order valence-electron chi connectivity index (χ3n) is 2.86. The molecule has 1 aromatic rings. The fourth-order valence-electron chi connectivity index (χ4n) is 1.97. The predicted molar refractivity (Wildman–Crippen MR) is 53.5 cm³/mol. The van der Waals surface area contributed by atoms with Gasteiger partial charge < -0.3 is 5.32 Å². The van der Waals surface area contributed by atoms with Gasteiger partial charge in [0.2, 0.25) is 0 Å². The van der Waals surface area contributed by atoms with Crippen LogP contribution < -0.4 is 5.32 Å². The molecule has 2 heterocycles. The molecular weight excluding hydrogens is 178 g/mol. The molecule has 1 aliphatic heterocycles. The average Bonchev–Trinajstić information content (AvgIpc) is 2.61. The third kappa shape index (κ3) is 1.57. The van der Waals surface area contributed by atoms with E-state index in [0.29, 0.717) is 11.6 Å². The van der Waals surface area contributed by atoms with E-state index in [1.807, 2.05) is 11.6 Å². The Kier molecular flexibility index (Phi) is 2.63. The second kappa shape index (κ2) is 3.92. The van der Waals surface area contributed by atoms with Crippen LogP contribution in [0.2, 0.25) is 0 Å². The van der Waals surface area contributed by atoms with Crippen molar-refractivity contribution in [3.8, 4) is 0 Å². The number of piperidine rings is 1. The summed E-state index contributed by atoms with van der Waals surface area (Å²) in [4.78, 5) is 10.7. The van der Waals surface area contributed by atoms with Crippen LogP contribution in [0.25, 0.3) is 0 Å². The molecule has 0 aromatic carbocycles. The van der Waals surface area contributed by atoms with E-state index in [1.54, 1.807) is 6.20 Å². The van der Waals surface area contributed by atoms with Gasteiger partial charge in [0.05, 0.1) is 17.8 Å². The minimum Gasteiger partial charge on any atom is -0.317 e. The first kappa shape index (κ1) is 9.40. The lowest BCUT2D eigenvalue weighted by molar-refractivity contribution is 0.112. The smallest absolute Gasteiger partial charge is 0.153 e. The van der Waals surface area contributed by atoms with Gasteiger partial charge in [-0.15, -0.1) is 0 Å². The van der Waals surface area contributed by atoms with Crippen molar-refractivity contribution < 1.29 is 4.79 Å². The van der Waals surface area contributed by atoms with E-state index in [0.717, 1.165) is 37.9 Å². The highest BCUT2D eigenvalue weighted by molar-refractivity contribution is 5.75. The molecule has 0 unspecified atom stereocenters. The summed E-state index contributed by atoms with van der Waals surface area (Å²) in [6.07, 6.45) is 4.73. The standard InChI is InChI=1S/C10H15N3O/c1-8-9(7-14)6-12-13(8)10-2-4-11-5-3-10/h6-7,10-11H,2-5H2,1H3. The molecule has 0 amide bonds. The molecule has 1 aliphatic rings. The topological polar surface area (TPSA) is 46.9 Å². The fourth-order valence-corrected chi connectivity index (χ4v) is 1.97. The molecule has 0 radical (unpaired) electrons. The molecule has 0 aliphatic carbocycles. The van der Waals surface area contributed by atoms with Gasteiger partial charge in [-0.25, -0.2) is 0 Å². The summed E-state index contributed by atoms with van der Waals surface area (Å²) in [6.45, 7) is 4.04. The normalized spacial score (nSPS) is 18.4. The first-order chi connectivity index (χ1) is 6.83. The van der Waals surface area contributed by atoms with Gasteiger partial charge in [0.25, 0.3) is 0 Å². The van der Waals surface area contributed by atoms with Crippen LogP contribution in [0.1, 0.15) is 34.9 Å². The summed E-state index contributed by atoms with van der Waals surface area (Å²) in [5.74, 6) is 0. The van der Waals surface area contributed by atoms with E-state index in [9.17, 15) is 4.79 Å². The Morgan fingerprint density at radius 3 is 2.86 bits per heavy atom. The van der Waals surface area contributed by atoms with Gasteiger partial charge in [0.1, 0.15) is 0 Å². The van der Waals surface area contributed by atoms with E-state index in [4.69, 9.17) is 0 Å². The van der Waals surface area contributed by atoms with Crippen molar-refractivity contribution in [2.75, 3.05) is 13.1 Å². The van der Waals surface area contributed by atoms with Crippen molar-refractivity contribution >= 4 is 6.29 Å². The van der Waals surface area contributed by atoms with Crippen molar-refractivity contribution in [1.82, 2.24) is 15.1 Å². The molecule has 0 saturated carbocycles. The van der Waals surface area contributed by atoms with E-state index in [1.165, 1.54) is 0 Å². The zero-order chi connectivity index (χ0) is 9.97. The largest absolute Gasteiger partial charge is 0.317 e. The van der Waals surface area contributed by atoms with Crippen LogP contribution in [0.15, 0.2) is 6.20 Å². The maximum absolute atomic E-state index is 10.7. The molecule has 1 saturated heterocycles. The van der Waals surface area contributed by atoms with Crippen LogP contribution >= 0.6 is 0 Å². The molecule has 76 valence electrons. The highest BCUT2D eigenvalue weighted by Crippen LogP contribution is 2.20. The van der Waals surface area contributed by atoms with Crippen LogP contribution in [0.3, 0.4) is 0 Å². The molecule has 0 spiro atoms. The number of nitrogens with one attached hydrogen (secondary N) is 1. The molecular formula is C10H15N3O. The SMILES string of the molecule is Cc1c(C=O)cnn1C1CCNCC1. The lowest BCUT2D eigenvalue weighted by Gasteiger charge is -2.24. The van der Waals surface area contributed by atoms with E-state index in [-0.39, 0.29) is 0 Å². The van der Waals surface area contributed by atoms with E-state index in [2.05, 4.69) is 10.4 Å². The predicted octanol–water partition coefficient (Wildman–Crippen LogP) is 0.929. The molecule has 14 heavy (non-hydrogen) atoms. The number of aldehydes is 1. The van der Waals surface area contributed by atoms with Gasteiger partial charge in [0, 0.05) is 5.69 Å². The highest BCUT2D eigenvalue weighted by atomic mass is 16.1. The first-order valence-electron chi connectivity index (χ1n) is 5.03. The van der Waals surface area contributed by atoms with E-state index < -0.39 is 0 Å². The summed E-state index contributed by atoms with van der Waals surface area (Å²) in [7, 11) is 0. The Labute approximate surface area is 83.3 Å². The van der Waals surface area contributed by atoms with Crippen LogP contribution in [0.5, 0.6) is 0 Å². The lowest BCUT2D eigenvalue weighted by atomic mass is 10.1. The van der Waals surface area contributed by atoms with Gasteiger partial charge in [-0.2, -0.15) is 5.10 Å². The Morgan fingerprint density at radius 1 is 1.57 bits per heavy atom. The second-order valence-corrected chi connectivity index (χ2v) is 3.73. The van der Waals surface area contributed by atoms with Crippen molar-refractivity contribution in [2.45, 2.75) is 25.8 Å². The van der Waals surface area contributed by atoms with Crippen molar-refractivity contribution in [1.29, 1.82) is 0 Å². The van der Waals surface area contributed by atoms with Crippen LogP contribution in [-0.4, -0.2) is 29.2 Å². The maximum atomic E-state index is 10.7. The monoisotopic (exact) mass is 193 g/mol. The van der Waals surface area contributed by atoms with Gasteiger partial charge in [-0.05, 0) is 32.9 Å². The summed E-state index contributed by atoms with van der Waals surface area (Å²) in [6, 6.07) is 0.463. The molecule has 4 nitrogen and oxygen atoms in total. The number of carbonyl (C=O) groups is 1. The second-order valence-electron chi connectivity index (χ2n) is 3.73.